The summed E-state index contributed by atoms with van der Waals surface area (Å²) in [6.45, 7) is 1.68. The van der Waals surface area contributed by atoms with Crippen LogP contribution in [0.2, 0.25) is 0 Å². The van der Waals surface area contributed by atoms with Crippen molar-refractivity contribution in [3.05, 3.63) is 36.4 Å². The van der Waals surface area contributed by atoms with Crippen molar-refractivity contribution < 1.29 is 17.9 Å². The summed E-state index contributed by atoms with van der Waals surface area (Å²) in [5.41, 5.74) is 0.559. The maximum Gasteiger partial charge on any atom is 0.437 e. The van der Waals surface area contributed by atoms with E-state index in [1.54, 1.807) is 17.1 Å². The van der Waals surface area contributed by atoms with E-state index in [0.717, 1.165) is 62.0 Å². The first-order chi connectivity index (χ1) is 14.3. The lowest BCUT2D eigenvalue weighted by molar-refractivity contribution is -0.144. The van der Waals surface area contributed by atoms with Crippen LogP contribution in [0, 0.1) is 5.41 Å². The molecule has 1 saturated heterocycles. The average Bonchev–Trinajstić information content (AvgIpc) is 3.07. The van der Waals surface area contributed by atoms with Gasteiger partial charge in [-0.3, -0.25) is 0 Å². The van der Waals surface area contributed by atoms with E-state index in [1.165, 1.54) is 12.1 Å². The molecule has 1 aliphatic heterocycles. The van der Waals surface area contributed by atoms with Crippen LogP contribution in [0.15, 0.2) is 30.7 Å². The second kappa shape index (κ2) is 6.82. The van der Waals surface area contributed by atoms with Gasteiger partial charge in [0.2, 0.25) is 0 Å². The van der Waals surface area contributed by atoms with Gasteiger partial charge in [-0.05, 0) is 43.2 Å². The highest BCUT2D eigenvalue weighted by atomic mass is 19.4. The van der Waals surface area contributed by atoms with Crippen LogP contribution < -0.4 is 9.64 Å². The van der Waals surface area contributed by atoms with Crippen LogP contribution in [0.1, 0.15) is 31.4 Å². The number of hydrogen-bond acceptors (Lipinski definition) is 6. The van der Waals surface area contributed by atoms with Crippen molar-refractivity contribution in [3.63, 3.8) is 0 Å². The van der Waals surface area contributed by atoms with Crippen molar-refractivity contribution in [1.82, 2.24) is 24.7 Å². The molecule has 0 N–H and O–H groups in total. The number of fused-ring (bicyclic) bond motifs is 1. The lowest BCUT2D eigenvalue weighted by Gasteiger charge is -2.52. The van der Waals surface area contributed by atoms with Gasteiger partial charge in [0, 0.05) is 26.3 Å². The van der Waals surface area contributed by atoms with E-state index in [1.807, 2.05) is 7.05 Å². The molecule has 1 spiro atoms. The van der Waals surface area contributed by atoms with Crippen molar-refractivity contribution in [3.8, 4) is 5.75 Å². The summed E-state index contributed by atoms with van der Waals surface area (Å²) in [6.07, 6.45) is 3.30. The molecular formula is C20H21F3N6O. The Morgan fingerprint density at radius 1 is 1.20 bits per heavy atom. The Balaban J connectivity index is 1.28. The van der Waals surface area contributed by atoms with E-state index < -0.39 is 11.9 Å². The Bertz CT molecular complexity index is 1080. The van der Waals surface area contributed by atoms with Crippen LogP contribution in [0.5, 0.6) is 5.75 Å². The van der Waals surface area contributed by atoms with Gasteiger partial charge in [0.05, 0.1) is 12.4 Å². The largest absolute Gasteiger partial charge is 0.488 e. The minimum Gasteiger partial charge on any atom is -0.488 e. The summed E-state index contributed by atoms with van der Waals surface area (Å²) in [5, 5.41) is 4.18. The lowest BCUT2D eigenvalue weighted by Crippen LogP contribution is -2.54. The van der Waals surface area contributed by atoms with Gasteiger partial charge in [-0.2, -0.15) is 18.3 Å². The minimum absolute atomic E-state index is 0.0343. The maximum atomic E-state index is 13.2. The fourth-order valence-corrected chi connectivity index (χ4v) is 4.66. The van der Waals surface area contributed by atoms with Crippen LogP contribution in [0.3, 0.4) is 0 Å². The highest BCUT2D eigenvalue weighted by molar-refractivity contribution is 5.71. The highest BCUT2D eigenvalue weighted by Gasteiger charge is 2.49. The SMILES string of the molecule is Cn1ncc2ncc(N3CCCC4(CC(Oc5cccnc5C(F)(F)F)C4)C3)nc21. The molecule has 0 aromatic carbocycles. The number of hydrogen-bond donors (Lipinski definition) is 0. The Hall–Kier alpha value is -2.91. The molecule has 3 aromatic rings. The first kappa shape index (κ1) is 19.1. The molecule has 0 unspecified atom stereocenters. The third kappa shape index (κ3) is 3.33. The van der Waals surface area contributed by atoms with Gasteiger partial charge in [0.25, 0.3) is 0 Å². The summed E-state index contributed by atoms with van der Waals surface area (Å²) in [5.74, 6) is 0.617. The van der Waals surface area contributed by atoms with Gasteiger partial charge in [0.15, 0.2) is 17.1 Å². The van der Waals surface area contributed by atoms with Crippen LogP contribution in [0.4, 0.5) is 19.0 Å². The molecule has 0 atom stereocenters. The van der Waals surface area contributed by atoms with Gasteiger partial charge >= 0.3 is 6.18 Å². The molecule has 158 valence electrons. The molecule has 1 aliphatic carbocycles. The van der Waals surface area contributed by atoms with Crippen LogP contribution >= 0.6 is 0 Å². The van der Waals surface area contributed by atoms with Crippen LogP contribution in [-0.2, 0) is 13.2 Å². The molecule has 1 saturated carbocycles. The van der Waals surface area contributed by atoms with E-state index in [-0.39, 0.29) is 17.3 Å². The van der Waals surface area contributed by atoms with Crippen molar-refractivity contribution >= 4 is 17.0 Å². The van der Waals surface area contributed by atoms with E-state index in [0.29, 0.717) is 0 Å². The average molecular weight is 418 g/mol. The quantitative estimate of drug-likeness (QED) is 0.647. The van der Waals surface area contributed by atoms with E-state index in [2.05, 4.69) is 20.0 Å². The maximum absolute atomic E-state index is 13.2. The van der Waals surface area contributed by atoms with E-state index in [4.69, 9.17) is 9.72 Å². The number of halogens is 3. The molecule has 0 radical (unpaired) electrons. The zero-order chi connectivity index (χ0) is 20.9. The molecule has 30 heavy (non-hydrogen) atoms. The first-order valence-electron chi connectivity index (χ1n) is 9.92. The molecule has 0 bridgehead atoms. The predicted molar refractivity (Wildman–Crippen MR) is 103 cm³/mol. The molecule has 2 fully saturated rings. The molecule has 10 heteroatoms. The van der Waals surface area contributed by atoms with Gasteiger partial charge < -0.3 is 9.64 Å². The summed E-state index contributed by atoms with van der Waals surface area (Å²) in [6, 6.07) is 2.81. The molecule has 5 rings (SSSR count). The Labute approximate surface area is 170 Å². The van der Waals surface area contributed by atoms with E-state index in [9.17, 15) is 13.2 Å². The number of aromatic nitrogens is 5. The standard InChI is InChI=1S/C20H21F3N6O/c1-28-18-14(10-26-28)25-11-16(27-18)29-7-3-5-19(12-29)8-13(9-19)30-15-4-2-6-24-17(15)20(21,22)23/h2,4,6,10-11,13H,3,5,7-9,12H2,1H3. The summed E-state index contributed by atoms with van der Waals surface area (Å²) in [4.78, 5) is 14.8. The number of rotatable bonds is 3. The molecule has 0 amide bonds. The van der Waals surface area contributed by atoms with Gasteiger partial charge in [0.1, 0.15) is 17.4 Å². The van der Waals surface area contributed by atoms with Gasteiger partial charge in [-0.15, -0.1) is 0 Å². The third-order valence-corrected chi connectivity index (χ3v) is 6.07. The van der Waals surface area contributed by atoms with Crippen molar-refractivity contribution in [1.29, 1.82) is 0 Å². The number of piperidine rings is 1. The fourth-order valence-electron chi connectivity index (χ4n) is 4.66. The molecule has 2 aliphatic rings. The molecule has 3 aromatic heterocycles. The predicted octanol–water partition coefficient (Wildman–Crippen LogP) is 3.61. The Kier molecular flexibility index (Phi) is 4.33. The Morgan fingerprint density at radius 2 is 2.03 bits per heavy atom. The third-order valence-electron chi connectivity index (χ3n) is 6.07. The summed E-state index contributed by atoms with van der Waals surface area (Å²) in [7, 11) is 1.83. The zero-order valence-corrected chi connectivity index (χ0v) is 16.4. The number of ether oxygens (including phenoxy) is 1. The number of aryl methyl sites for hydroxylation is 1. The molecule has 4 heterocycles. The van der Waals surface area contributed by atoms with Crippen LogP contribution in [0.25, 0.3) is 11.2 Å². The van der Waals surface area contributed by atoms with Gasteiger partial charge in [-0.1, -0.05) is 0 Å². The van der Waals surface area contributed by atoms with Gasteiger partial charge in [-0.25, -0.2) is 19.6 Å². The number of anilines is 1. The number of alkyl halides is 3. The zero-order valence-electron chi connectivity index (χ0n) is 16.4. The highest BCUT2D eigenvalue weighted by Crippen LogP contribution is 2.50. The number of pyridine rings is 1. The van der Waals surface area contributed by atoms with Crippen molar-refractivity contribution in [2.45, 2.75) is 38.0 Å². The molecule has 7 nitrogen and oxygen atoms in total. The normalized spacial score (nSPS) is 24.3. The topological polar surface area (TPSA) is 69.0 Å². The van der Waals surface area contributed by atoms with Crippen LogP contribution in [-0.4, -0.2) is 43.9 Å². The summed E-state index contributed by atoms with van der Waals surface area (Å²) < 4.78 is 46.9. The van der Waals surface area contributed by atoms with Crippen molar-refractivity contribution in [2.75, 3.05) is 18.0 Å². The Morgan fingerprint density at radius 3 is 2.83 bits per heavy atom. The fraction of sp³-hybridized carbons (Fsp3) is 0.500. The minimum atomic E-state index is -4.53. The van der Waals surface area contributed by atoms with E-state index >= 15 is 0 Å². The lowest BCUT2D eigenvalue weighted by atomic mass is 9.62. The monoisotopic (exact) mass is 418 g/mol. The number of nitrogens with zero attached hydrogens (tertiary/aromatic N) is 6. The summed E-state index contributed by atoms with van der Waals surface area (Å²) >= 11 is 0. The first-order valence-corrected chi connectivity index (χ1v) is 9.92. The molecular weight excluding hydrogens is 397 g/mol. The second-order valence-electron chi connectivity index (χ2n) is 8.23. The van der Waals surface area contributed by atoms with Crippen molar-refractivity contribution in [2.24, 2.45) is 12.5 Å². The second-order valence-corrected chi connectivity index (χ2v) is 8.23. The smallest absolute Gasteiger partial charge is 0.437 e.